The Morgan fingerprint density at radius 2 is 1.95 bits per heavy atom. The molecular formula is C16H22FN3O. The molecule has 5 heteroatoms. The lowest BCUT2D eigenvalue weighted by molar-refractivity contribution is 0.174. The first-order valence-corrected chi connectivity index (χ1v) is 7.04. The van der Waals surface area contributed by atoms with Crippen LogP contribution in [0.5, 0.6) is 0 Å². The van der Waals surface area contributed by atoms with Crippen LogP contribution >= 0.6 is 0 Å². The highest BCUT2D eigenvalue weighted by Crippen LogP contribution is 2.14. The molecule has 0 spiro atoms. The fraction of sp³-hybridized carbons (Fsp3) is 0.438. The first kappa shape index (κ1) is 15.7. The van der Waals surface area contributed by atoms with Crippen molar-refractivity contribution in [2.75, 3.05) is 6.54 Å². The van der Waals surface area contributed by atoms with Gasteiger partial charge in [-0.05, 0) is 38.5 Å². The number of rotatable bonds is 5. The first-order valence-electron chi connectivity index (χ1n) is 7.04. The molecular weight excluding hydrogens is 269 g/mol. The fourth-order valence-corrected chi connectivity index (χ4v) is 1.97. The molecule has 0 aliphatic heterocycles. The molecule has 2 aromatic rings. The molecule has 1 heterocycles. The maximum absolute atomic E-state index is 12.8. The van der Waals surface area contributed by atoms with Gasteiger partial charge in [0, 0.05) is 24.8 Å². The number of aliphatic hydroxyl groups is 1. The molecule has 21 heavy (non-hydrogen) atoms. The number of hydrogen-bond acceptors (Lipinski definition) is 3. The van der Waals surface area contributed by atoms with Crippen LogP contribution in [0.3, 0.4) is 0 Å². The molecule has 2 N–H and O–H groups in total. The monoisotopic (exact) mass is 291 g/mol. The van der Waals surface area contributed by atoms with Crippen LogP contribution in [0.1, 0.15) is 38.0 Å². The van der Waals surface area contributed by atoms with Gasteiger partial charge in [0.05, 0.1) is 17.8 Å². The molecule has 0 aliphatic rings. The quantitative estimate of drug-likeness (QED) is 0.890. The van der Waals surface area contributed by atoms with Crippen molar-refractivity contribution in [3.05, 3.63) is 53.6 Å². The summed E-state index contributed by atoms with van der Waals surface area (Å²) >= 11 is 0. The maximum atomic E-state index is 12.8. The van der Waals surface area contributed by atoms with Crippen LogP contribution < -0.4 is 5.32 Å². The third-order valence-electron chi connectivity index (χ3n) is 3.24. The second-order valence-electron chi connectivity index (χ2n) is 6.16. The highest BCUT2D eigenvalue weighted by molar-refractivity contribution is 5.18. The highest BCUT2D eigenvalue weighted by atomic mass is 19.1. The average molecular weight is 291 g/mol. The van der Waals surface area contributed by atoms with E-state index in [1.165, 1.54) is 12.1 Å². The minimum atomic E-state index is -0.650. The lowest BCUT2D eigenvalue weighted by Gasteiger charge is -2.18. The third-order valence-corrected chi connectivity index (χ3v) is 3.24. The summed E-state index contributed by atoms with van der Waals surface area (Å²) in [5.74, 6) is -0.298. The minimum Gasteiger partial charge on any atom is -0.387 e. The topological polar surface area (TPSA) is 50.1 Å². The zero-order chi connectivity index (χ0) is 15.5. The van der Waals surface area contributed by atoms with E-state index in [2.05, 4.69) is 31.2 Å². The largest absolute Gasteiger partial charge is 0.387 e. The van der Waals surface area contributed by atoms with E-state index in [1.807, 2.05) is 17.1 Å². The number of aromatic nitrogens is 2. The summed E-state index contributed by atoms with van der Waals surface area (Å²) < 4.78 is 14.7. The van der Waals surface area contributed by atoms with Gasteiger partial charge >= 0.3 is 0 Å². The molecule has 1 aromatic carbocycles. The molecule has 1 atom stereocenters. The second-order valence-corrected chi connectivity index (χ2v) is 6.16. The Bertz CT molecular complexity index is 572. The number of nitrogens with one attached hydrogen (secondary N) is 1. The number of halogens is 1. The Labute approximate surface area is 124 Å². The standard InChI is InChI=1S/C16H22FN3O/c1-16(2,3)20-11-12(9-19-20)8-18-10-15(21)13-4-6-14(17)7-5-13/h4-7,9,11,15,18,21H,8,10H2,1-3H3. The SMILES string of the molecule is CC(C)(C)n1cc(CNCC(O)c2ccc(F)cc2)cn1. The number of nitrogens with zero attached hydrogens (tertiary/aromatic N) is 2. The molecule has 0 saturated heterocycles. The van der Waals surface area contributed by atoms with Crippen LogP contribution in [-0.2, 0) is 12.1 Å². The van der Waals surface area contributed by atoms with Gasteiger partial charge in [0.1, 0.15) is 5.82 Å². The van der Waals surface area contributed by atoms with E-state index in [-0.39, 0.29) is 11.4 Å². The zero-order valence-electron chi connectivity index (χ0n) is 12.7. The molecule has 0 saturated carbocycles. The predicted molar refractivity (Wildman–Crippen MR) is 80.3 cm³/mol. The van der Waals surface area contributed by atoms with Gasteiger partial charge in [-0.2, -0.15) is 5.10 Å². The molecule has 0 bridgehead atoms. The van der Waals surface area contributed by atoms with Crippen molar-refractivity contribution in [2.45, 2.75) is 39.0 Å². The summed E-state index contributed by atoms with van der Waals surface area (Å²) in [5, 5.41) is 17.5. The fourth-order valence-electron chi connectivity index (χ4n) is 1.97. The average Bonchev–Trinajstić information content (AvgIpc) is 2.88. The lowest BCUT2D eigenvalue weighted by Crippen LogP contribution is -2.22. The first-order chi connectivity index (χ1) is 9.86. The summed E-state index contributed by atoms with van der Waals surface area (Å²) in [7, 11) is 0. The Hall–Kier alpha value is -1.72. The molecule has 0 radical (unpaired) electrons. The Balaban J connectivity index is 1.84. The molecule has 0 amide bonds. The van der Waals surface area contributed by atoms with Gasteiger partial charge in [-0.15, -0.1) is 0 Å². The Morgan fingerprint density at radius 1 is 1.29 bits per heavy atom. The van der Waals surface area contributed by atoms with Gasteiger partial charge in [-0.1, -0.05) is 12.1 Å². The van der Waals surface area contributed by atoms with Crippen LogP contribution in [0.15, 0.2) is 36.7 Å². The third kappa shape index (κ3) is 4.37. The minimum absolute atomic E-state index is 0.0358. The van der Waals surface area contributed by atoms with E-state index in [0.717, 1.165) is 5.56 Å². The maximum Gasteiger partial charge on any atom is 0.123 e. The van der Waals surface area contributed by atoms with E-state index >= 15 is 0 Å². The van der Waals surface area contributed by atoms with Gasteiger partial charge in [-0.3, -0.25) is 4.68 Å². The van der Waals surface area contributed by atoms with Crippen molar-refractivity contribution in [2.24, 2.45) is 0 Å². The Morgan fingerprint density at radius 3 is 2.52 bits per heavy atom. The predicted octanol–water partition coefficient (Wildman–Crippen LogP) is 2.60. The van der Waals surface area contributed by atoms with Gasteiger partial charge in [0.15, 0.2) is 0 Å². The van der Waals surface area contributed by atoms with Crippen molar-refractivity contribution < 1.29 is 9.50 Å². The van der Waals surface area contributed by atoms with Crippen molar-refractivity contribution >= 4 is 0 Å². The van der Waals surface area contributed by atoms with Crippen molar-refractivity contribution in [1.29, 1.82) is 0 Å². The van der Waals surface area contributed by atoms with Crippen LogP contribution in [0, 0.1) is 5.82 Å². The molecule has 4 nitrogen and oxygen atoms in total. The van der Waals surface area contributed by atoms with Crippen LogP contribution in [-0.4, -0.2) is 21.4 Å². The molecule has 0 fully saturated rings. The summed E-state index contributed by atoms with van der Waals surface area (Å²) in [5.41, 5.74) is 1.73. The van der Waals surface area contributed by atoms with Gasteiger partial charge in [0.25, 0.3) is 0 Å². The van der Waals surface area contributed by atoms with Gasteiger partial charge in [0.2, 0.25) is 0 Å². The normalized spacial score (nSPS) is 13.4. The van der Waals surface area contributed by atoms with Gasteiger partial charge in [-0.25, -0.2) is 4.39 Å². The van der Waals surface area contributed by atoms with Crippen LogP contribution in [0.4, 0.5) is 4.39 Å². The Kier molecular flexibility index (Phi) is 4.75. The molecule has 0 aliphatic carbocycles. The smallest absolute Gasteiger partial charge is 0.123 e. The summed E-state index contributed by atoms with van der Waals surface area (Å²) in [6.45, 7) is 7.32. The molecule has 1 aromatic heterocycles. The van der Waals surface area contributed by atoms with E-state index in [1.54, 1.807) is 12.1 Å². The number of benzene rings is 1. The van der Waals surface area contributed by atoms with E-state index < -0.39 is 6.10 Å². The summed E-state index contributed by atoms with van der Waals surface area (Å²) in [4.78, 5) is 0. The highest BCUT2D eigenvalue weighted by Gasteiger charge is 2.14. The van der Waals surface area contributed by atoms with E-state index in [9.17, 15) is 9.50 Å². The molecule has 1 unspecified atom stereocenters. The van der Waals surface area contributed by atoms with Crippen molar-refractivity contribution in [1.82, 2.24) is 15.1 Å². The second kappa shape index (κ2) is 6.37. The molecule has 2 rings (SSSR count). The van der Waals surface area contributed by atoms with Crippen molar-refractivity contribution in [3.8, 4) is 0 Å². The summed E-state index contributed by atoms with van der Waals surface area (Å²) in [6.07, 6.45) is 3.17. The van der Waals surface area contributed by atoms with Crippen LogP contribution in [0.2, 0.25) is 0 Å². The number of aliphatic hydroxyl groups excluding tert-OH is 1. The van der Waals surface area contributed by atoms with E-state index in [4.69, 9.17) is 0 Å². The zero-order valence-corrected chi connectivity index (χ0v) is 12.7. The number of hydrogen-bond donors (Lipinski definition) is 2. The summed E-state index contributed by atoms with van der Waals surface area (Å²) in [6, 6.07) is 5.90. The van der Waals surface area contributed by atoms with Crippen molar-refractivity contribution in [3.63, 3.8) is 0 Å². The van der Waals surface area contributed by atoms with E-state index in [0.29, 0.717) is 18.7 Å². The lowest BCUT2D eigenvalue weighted by atomic mass is 10.1. The van der Waals surface area contributed by atoms with Crippen LogP contribution in [0.25, 0.3) is 0 Å². The van der Waals surface area contributed by atoms with Gasteiger partial charge < -0.3 is 10.4 Å². The molecule has 114 valence electrons.